The number of nitrogens with zero attached hydrogens (tertiary/aromatic N) is 2. The molecule has 6 heteroatoms. The molecule has 0 radical (unpaired) electrons. The second-order valence-electron chi connectivity index (χ2n) is 3.17. The van der Waals surface area contributed by atoms with E-state index in [9.17, 15) is 13.2 Å². The Hall–Kier alpha value is -1.23. The lowest BCUT2D eigenvalue weighted by molar-refractivity contribution is -0.137. The summed E-state index contributed by atoms with van der Waals surface area (Å²) in [5.74, 6) is 0. The summed E-state index contributed by atoms with van der Waals surface area (Å²) < 4.78 is 39.0. The maximum atomic E-state index is 12.5. The van der Waals surface area contributed by atoms with Gasteiger partial charge in [-0.3, -0.25) is 0 Å². The van der Waals surface area contributed by atoms with Crippen molar-refractivity contribution < 1.29 is 13.2 Å². The van der Waals surface area contributed by atoms with Gasteiger partial charge in [0.05, 0.1) is 27.9 Å². The van der Waals surface area contributed by atoms with Gasteiger partial charge in [-0.15, -0.1) is 0 Å². The van der Waals surface area contributed by atoms with Crippen LogP contribution in [-0.4, -0.2) is 9.55 Å². The molecule has 0 aliphatic rings. The number of alkyl halides is 3. The predicted molar refractivity (Wildman–Crippen MR) is 50.7 cm³/mol. The summed E-state index contributed by atoms with van der Waals surface area (Å²) in [7, 11) is 1.69. The molecular weight excluding hydrogens is 229 g/mol. The van der Waals surface area contributed by atoms with Gasteiger partial charge in [0.1, 0.15) is 0 Å². The van der Waals surface area contributed by atoms with Crippen LogP contribution >= 0.6 is 11.6 Å². The average molecular weight is 235 g/mol. The van der Waals surface area contributed by atoms with Crippen molar-refractivity contribution in [2.45, 2.75) is 6.18 Å². The minimum atomic E-state index is -4.44. The Morgan fingerprint density at radius 2 is 2.00 bits per heavy atom. The van der Waals surface area contributed by atoms with Crippen molar-refractivity contribution in [1.82, 2.24) is 9.55 Å². The normalized spacial score (nSPS) is 12.3. The smallest absolute Gasteiger partial charge is 0.334 e. The van der Waals surface area contributed by atoms with Gasteiger partial charge in [0.25, 0.3) is 0 Å². The van der Waals surface area contributed by atoms with Crippen molar-refractivity contribution in [3.63, 3.8) is 0 Å². The van der Waals surface area contributed by atoms with Crippen LogP contribution in [0.3, 0.4) is 0 Å². The van der Waals surface area contributed by atoms with Crippen molar-refractivity contribution in [2.24, 2.45) is 7.05 Å². The molecule has 0 unspecified atom stereocenters. The van der Waals surface area contributed by atoms with Gasteiger partial charge in [0.2, 0.25) is 0 Å². The number of fused-ring (bicyclic) bond motifs is 1. The van der Waals surface area contributed by atoms with Crippen LogP contribution in [0.2, 0.25) is 5.02 Å². The molecule has 0 saturated heterocycles. The SMILES string of the molecule is Cn1cnc2cc(C(F)(F)F)c(Cl)cc21. The van der Waals surface area contributed by atoms with Crippen molar-refractivity contribution in [3.8, 4) is 0 Å². The number of imidazole rings is 1. The largest absolute Gasteiger partial charge is 0.417 e. The Balaban J connectivity index is 2.74. The molecular formula is C9H6ClF3N2. The standard InChI is InChI=1S/C9H6ClF3N2/c1-15-4-14-7-2-5(9(11,12)13)6(10)3-8(7)15/h2-4H,1H3. The molecule has 2 rings (SSSR count). The third-order valence-electron chi connectivity index (χ3n) is 2.12. The molecule has 2 aromatic rings. The lowest BCUT2D eigenvalue weighted by Gasteiger charge is -2.08. The molecule has 0 fully saturated rings. The molecule has 0 atom stereocenters. The summed E-state index contributed by atoms with van der Waals surface area (Å²) in [6.45, 7) is 0. The summed E-state index contributed by atoms with van der Waals surface area (Å²) >= 11 is 5.56. The average Bonchev–Trinajstić information content (AvgIpc) is 2.45. The van der Waals surface area contributed by atoms with Crippen molar-refractivity contribution >= 4 is 22.6 Å². The molecule has 0 spiro atoms. The fourth-order valence-corrected chi connectivity index (χ4v) is 1.63. The van der Waals surface area contributed by atoms with E-state index in [2.05, 4.69) is 4.98 Å². The molecule has 15 heavy (non-hydrogen) atoms. The summed E-state index contributed by atoms with van der Waals surface area (Å²) in [5, 5.41) is -0.307. The monoisotopic (exact) mass is 234 g/mol. The molecule has 0 aliphatic carbocycles. The van der Waals surface area contributed by atoms with Crippen LogP contribution in [0.15, 0.2) is 18.5 Å². The van der Waals surface area contributed by atoms with E-state index < -0.39 is 11.7 Å². The number of hydrogen-bond acceptors (Lipinski definition) is 1. The van der Waals surface area contributed by atoms with Gasteiger partial charge in [-0.25, -0.2) is 4.98 Å². The molecule has 0 aliphatic heterocycles. The first-order valence-electron chi connectivity index (χ1n) is 4.07. The summed E-state index contributed by atoms with van der Waals surface area (Å²) in [6.07, 6.45) is -3.00. The number of aryl methyl sites for hydroxylation is 1. The van der Waals surface area contributed by atoms with Crippen LogP contribution in [0.25, 0.3) is 11.0 Å². The van der Waals surface area contributed by atoms with Gasteiger partial charge < -0.3 is 4.57 Å². The van der Waals surface area contributed by atoms with Crippen molar-refractivity contribution in [2.75, 3.05) is 0 Å². The number of benzene rings is 1. The van der Waals surface area contributed by atoms with Gasteiger partial charge in [-0.1, -0.05) is 11.6 Å². The van der Waals surface area contributed by atoms with E-state index in [1.54, 1.807) is 11.6 Å². The van der Waals surface area contributed by atoms with E-state index in [0.717, 1.165) is 6.07 Å². The van der Waals surface area contributed by atoms with Crippen LogP contribution in [-0.2, 0) is 13.2 Å². The number of halogens is 4. The fourth-order valence-electron chi connectivity index (χ4n) is 1.37. The molecule has 2 nitrogen and oxygen atoms in total. The van der Waals surface area contributed by atoms with E-state index >= 15 is 0 Å². The Morgan fingerprint density at radius 1 is 1.33 bits per heavy atom. The highest BCUT2D eigenvalue weighted by Crippen LogP contribution is 2.36. The van der Waals surface area contributed by atoms with Gasteiger partial charge in [0.15, 0.2) is 0 Å². The topological polar surface area (TPSA) is 17.8 Å². The second kappa shape index (κ2) is 3.13. The molecule has 0 saturated carbocycles. The highest BCUT2D eigenvalue weighted by atomic mass is 35.5. The van der Waals surface area contributed by atoms with E-state index in [4.69, 9.17) is 11.6 Å². The highest BCUT2D eigenvalue weighted by molar-refractivity contribution is 6.32. The number of aromatic nitrogens is 2. The Bertz CT molecular complexity index is 516. The third-order valence-corrected chi connectivity index (χ3v) is 2.43. The number of hydrogen-bond donors (Lipinski definition) is 0. The summed E-state index contributed by atoms with van der Waals surface area (Å²) in [6, 6.07) is 2.23. The first-order chi connectivity index (χ1) is 6.89. The maximum absolute atomic E-state index is 12.5. The van der Waals surface area contributed by atoms with E-state index in [0.29, 0.717) is 5.52 Å². The van der Waals surface area contributed by atoms with Gasteiger partial charge in [-0.2, -0.15) is 13.2 Å². The van der Waals surface area contributed by atoms with Crippen molar-refractivity contribution in [3.05, 3.63) is 29.0 Å². The summed E-state index contributed by atoms with van der Waals surface area (Å²) in [5.41, 5.74) is 0.0117. The lowest BCUT2D eigenvalue weighted by Crippen LogP contribution is -2.05. The Kier molecular flexibility index (Phi) is 2.15. The highest BCUT2D eigenvalue weighted by Gasteiger charge is 2.33. The zero-order valence-corrected chi connectivity index (χ0v) is 8.39. The van der Waals surface area contributed by atoms with E-state index in [-0.39, 0.29) is 10.5 Å². The molecule has 1 aromatic carbocycles. The van der Waals surface area contributed by atoms with Crippen LogP contribution in [0.4, 0.5) is 13.2 Å². The van der Waals surface area contributed by atoms with Crippen molar-refractivity contribution in [1.29, 1.82) is 0 Å². The van der Waals surface area contributed by atoms with Crippen LogP contribution in [0, 0.1) is 0 Å². The maximum Gasteiger partial charge on any atom is 0.417 e. The fraction of sp³-hybridized carbons (Fsp3) is 0.222. The second-order valence-corrected chi connectivity index (χ2v) is 3.58. The number of rotatable bonds is 0. The van der Waals surface area contributed by atoms with Crippen LogP contribution < -0.4 is 0 Å². The minimum absolute atomic E-state index is 0.286. The summed E-state index contributed by atoms with van der Waals surface area (Å²) in [4.78, 5) is 3.84. The molecule has 80 valence electrons. The minimum Gasteiger partial charge on any atom is -0.334 e. The van der Waals surface area contributed by atoms with E-state index in [1.165, 1.54) is 12.4 Å². The Labute approximate surface area is 88.3 Å². The van der Waals surface area contributed by atoms with E-state index in [1.807, 2.05) is 0 Å². The molecule has 1 aromatic heterocycles. The van der Waals surface area contributed by atoms with Crippen LogP contribution in [0.1, 0.15) is 5.56 Å². The van der Waals surface area contributed by atoms with Gasteiger partial charge >= 0.3 is 6.18 Å². The third kappa shape index (κ3) is 1.67. The van der Waals surface area contributed by atoms with Crippen LogP contribution in [0.5, 0.6) is 0 Å². The zero-order chi connectivity index (χ0) is 11.2. The first-order valence-corrected chi connectivity index (χ1v) is 4.45. The predicted octanol–water partition coefficient (Wildman–Crippen LogP) is 3.25. The molecule has 0 N–H and O–H groups in total. The zero-order valence-electron chi connectivity index (χ0n) is 7.64. The molecule has 0 amide bonds. The lowest BCUT2D eigenvalue weighted by atomic mass is 10.2. The van der Waals surface area contributed by atoms with Gasteiger partial charge in [-0.05, 0) is 12.1 Å². The quantitative estimate of drug-likeness (QED) is 0.684. The molecule has 1 heterocycles. The Morgan fingerprint density at radius 3 is 2.60 bits per heavy atom. The first kappa shape index (κ1) is 10.3. The van der Waals surface area contributed by atoms with Gasteiger partial charge in [0, 0.05) is 7.05 Å². The molecule has 0 bridgehead atoms.